The van der Waals surface area contributed by atoms with Gasteiger partial charge in [0, 0.05) is 25.9 Å². The van der Waals surface area contributed by atoms with Gasteiger partial charge in [0.25, 0.3) is 0 Å². The first kappa shape index (κ1) is 10.8. The van der Waals surface area contributed by atoms with E-state index in [0.29, 0.717) is 24.4 Å². The molecule has 2 aromatic rings. The first-order valence-electron chi connectivity index (χ1n) is 5.10. The molecule has 5 heteroatoms. The van der Waals surface area contributed by atoms with Crippen LogP contribution < -0.4 is 11.5 Å². The summed E-state index contributed by atoms with van der Waals surface area (Å²) in [5.74, 6) is -0.350. The molecular formula is C11H14N2O3. The number of rotatable bonds is 4. The SMILES string of the molecule is COCCCn1c(=O)oc2ccc(N)cc21. The van der Waals surface area contributed by atoms with E-state index in [1.807, 2.05) is 0 Å². The van der Waals surface area contributed by atoms with Gasteiger partial charge in [-0.1, -0.05) is 0 Å². The third-order valence-electron chi connectivity index (χ3n) is 2.42. The molecular weight excluding hydrogens is 208 g/mol. The van der Waals surface area contributed by atoms with E-state index < -0.39 is 0 Å². The predicted octanol–water partition coefficient (Wildman–Crippen LogP) is 1.21. The van der Waals surface area contributed by atoms with E-state index in [0.717, 1.165) is 11.9 Å². The smallest absolute Gasteiger partial charge is 0.408 e. The second-order valence-electron chi connectivity index (χ2n) is 3.59. The monoisotopic (exact) mass is 222 g/mol. The average molecular weight is 222 g/mol. The van der Waals surface area contributed by atoms with Crippen molar-refractivity contribution in [3.05, 3.63) is 28.7 Å². The van der Waals surface area contributed by atoms with Crippen molar-refractivity contribution in [1.29, 1.82) is 0 Å². The van der Waals surface area contributed by atoms with Gasteiger partial charge in [-0.2, -0.15) is 0 Å². The quantitative estimate of drug-likeness (QED) is 0.623. The zero-order valence-corrected chi connectivity index (χ0v) is 9.10. The van der Waals surface area contributed by atoms with Gasteiger partial charge < -0.3 is 14.9 Å². The number of anilines is 1. The number of hydrogen-bond acceptors (Lipinski definition) is 4. The molecule has 0 unspecified atom stereocenters. The number of ether oxygens (including phenoxy) is 1. The van der Waals surface area contributed by atoms with E-state index in [2.05, 4.69) is 0 Å². The normalized spacial score (nSPS) is 11.1. The van der Waals surface area contributed by atoms with Crippen LogP contribution in [0.25, 0.3) is 11.1 Å². The minimum atomic E-state index is -0.350. The Morgan fingerprint density at radius 2 is 2.31 bits per heavy atom. The van der Waals surface area contributed by atoms with Gasteiger partial charge in [-0.25, -0.2) is 4.79 Å². The Kier molecular flexibility index (Phi) is 2.96. The molecule has 0 radical (unpaired) electrons. The molecule has 0 amide bonds. The van der Waals surface area contributed by atoms with Crippen molar-refractivity contribution in [2.24, 2.45) is 0 Å². The maximum atomic E-state index is 11.6. The number of fused-ring (bicyclic) bond motifs is 1. The van der Waals surface area contributed by atoms with Gasteiger partial charge in [-0.15, -0.1) is 0 Å². The Balaban J connectivity index is 2.38. The largest absolute Gasteiger partial charge is 0.419 e. The van der Waals surface area contributed by atoms with E-state index in [1.165, 1.54) is 0 Å². The summed E-state index contributed by atoms with van der Waals surface area (Å²) in [4.78, 5) is 11.6. The fraction of sp³-hybridized carbons (Fsp3) is 0.364. The molecule has 1 heterocycles. The van der Waals surface area contributed by atoms with Crippen molar-refractivity contribution in [3.8, 4) is 0 Å². The molecule has 0 saturated heterocycles. The molecule has 0 saturated carbocycles. The molecule has 5 nitrogen and oxygen atoms in total. The summed E-state index contributed by atoms with van der Waals surface area (Å²) in [5.41, 5.74) is 7.60. The second kappa shape index (κ2) is 4.40. The molecule has 0 aliphatic rings. The van der Waals surface area contributed by atoms with Gasteiger partial charge in [0.05, 0.1) is 5.52 Å². The van der Waals surface area contributed by atoms with Crippen LogP contribution in [0.15, 0.2) is 27.4 Å². The summed E-state index contributed by atoms with van der Waals surface area (Å²) >= 11 is 0. The summed E-state index contributed by atoms with van der Waals surface area (Å²) in [7, 11) is 1.63. The zero-order chi connectivity index (χ0) is 11.5. The summed E-state index contributed by atoms with van der Waals surface area (Å²) in [6, 6.07) is 5.16. The van der Waals surface area contributed by atoms with E-state index in [-0.39, 0.29) is 5.76 Å². The molecule has 0 bridgehead atoms. The average Bonchev–Trinajstić information content (AvgIpc) is 2.56. The Morgan fingerprint density at radius 3 is 3.06 bits per heavy atom. The molecule has 16 heavy (non-hydrogen) atoms. The highest BCUT2D eigenvalue weighted by Crippen LogP contribution is 2.16. The number of nitrogen functional groups attached to an aromatic ring is 1. The van der Waals surface area contributed by atoms with E-state index >= 15 is 0 Å². The minimum absolute atomic E-state index is 0.350. The third kappa shape index (κ3) is 1.94. The fourth-order valence-corrected chi connectivity index (χ4v) is 1.66. The number of nitrogens with two attached hydrogens (primary N) is 1. The minimum Gasteiger partial charge on any atom is -0.408 e. The molecule has 0 spiro atoms. The Hall–Kier alpha value is -1.75. The molecule has 0 fully saturated rings. The molecule has 0 atom stereocenters. The van der Waals surface area contributed by atoms with Gasteiger partial charge in [0.1, 0.15) is 0 Å². The van der Waals surface area contributed by atoms with Gasteiger partial charge in [0.15, 0.2) is 5.58 Å². The maximum Gasteiger partial charge on any atom is 0.419 e. The topological polar surface area (TPSA) is 70.4 Å². The first-order chi connectivity index (χ1) is 7.72. The van der Waals surface area contributed by atoms with Crippen molar-refractivity contribution in [3.63, 3.8) is 0 Å². The van der Waals surface area contributed by atoms with Crippen LogP contribution in [0.2, 0.25) is 0 Å². The highest BCUT2D eigenvalue weighted by Gasteiger charge is 2.08. The van der Waals surface area contributed by atoms with Crippen molar-refractivity contribution < 1.29 is 9.15 Å². The number of nitrogens with zero attached hydrogens (tertiary/aromatic N) is 1. The van der Waals surface area contributed by atoms with Crippen LogP contribution in [0.5, 0.6) is 0 Å². The highest BCUT2D eigenvalue weighted by molar-refractivity contribution is 5.76. The first-order valence-corrected chi connectivity index (χ1v) is 5.10. The number of oxazole rings is 1. The third-order valence-corrected chi connectivity index (χ3v) is 2.42. The van der Waals surface area contributed by atoms with Gasteiger partial charge in [0.2, 0.25) is 0 Å². The van der Waals surface area contributed by atoms with Crippen molar-refractivity contribution in [2.75, 3.05) is 19.5 Å². The van der Waals surface area contributed by atoms with Crippen LogP contribution >= 0.6 is 0 Å². The molecule has 0 aliphatic heterocycles. The van der Waals surface area contributed by atoms with Crippen molar-refractivity contribution >= 4 is 16.8 Å². The summed E-state index contributed by atoms with van der Waals surface area (Å²) in [5, 5.41) is 0. The van der Waals surface area contributed by atoms with Crippen molar-refractivity contribution in [2.45, 2.75) is 13.0 Å². The lowest BCUT2D eigenvalue weighted by Crippen LogP contribution is -2.15. The summed E-state index contributed by atoms with van der Waals surface area (Å²) < 4.78 is 11.6. The zero-order valence-electron chi connectivity index (χ0n) is 9.10. The molecule has 1 aromatic carbocycles. The molecule has 1 aromatic heterocycles. The lowest BCUT2D eigenvalue weighted by atomic mass is 10.3. The number of aryl methyl sites for hydroxylation is 1. The van der Waals surface area contributed by atoms with Crippen LogP contribution in [-0.2, 0) is 11.3 Å². The Labute approximate surface area is 92.4 Å². The van der Waals surface area contributed by atoms with E-state index in [4.69, 9.17) is 14.9 Å². The summed E-state index contributed by atoms with van der Waals surface area (Å²) in [6.07, 6.45) is 0.764. The summed E-state index contributed by atoms with van der Waals surface area (Å²) in [6.45, 7) is 1.19. The molecule has 0 aliphatic carbocycles. The van der Waals surface area contributed by atoms with Crippen LogP contribution in [0.4, 0.5) is 5.69 Å². The van der Waals surface area contributed by atoms with Crippen LogP contribution in [0.3, 0.4) is 0 Å². The predicted molar refractivity (Wildman–Crippen MR) is 61.4 cm³/mol. The van der Waals surface area contributed by atoms with E-state index in [9.17, 15) is 4.79 Å². The fourth-order valence-electron chi connectivity index (χ4n) is 1.66. The molecule has 86 valence electrons. The van der Waals surface area contributed by atoms with Crippen LogP contribution in [0.1, 0.15) is 6.42 Å². The number of hydrogen-bond donors (Lipinski definition) is 1. The van der Waals surface area contributed by atoms with Crippen molar-refractivity contribution in [1.82, 2.24) is 4.57 Å². The Morgan fingerprint density at radius 1 is 1.50 bits per heavy atom. The van der Waals surface area contributed by atoms with Gasteiger partial charge in [-0.3, -0.25) is 4.57 Å². The molecule has 2 N–H and O–H groups in total. The standard InChI is InChI=1S/C11H14N2O3/c1-15-6-2-5-13-9-7-8(12)3-4-10(9)16-11(13)14/h3-4,7H,2,5-6,12H2,1H3. The number of aromatic nitrogens is 1. The number of methoxy groups -OCH3 is 1. The van der Waals surface area contributed by atoms with Crippen LogP contribution in [-0.4, -0.2) is 18.3 Å². The Bertz CT molecular complexity index is 542. The van der Waals surface area contributed by atoms with Gasteiger partial charge >= 0.3 is 5.76 Å². The van der Waals surface area contributed by atoms with Gasteiger partial charge in [-0.05, 0) is 24.6 Å². The number of benzene rings is 1. The van der Waals surface area contributed by atoms with E-state index in [1.54, 1.807) is 29.9 Å². The lowest BCUT2D eigenvalue weighted by molar-refractivity contribution is 0.190. The second-order valence-corrected chi connectivity index (χ2v) is 3.59. The van der Waals surface area contributed by atoms with Crippen LogP contribution in [0, 0.1) is 0 Å². The lowest BCUT2D eigenvalue weighted by Gasteiger charge is -2.01. The highest BCUT2D eigenvalue weighted by atomic mass is 16.5. The molecule has 2 rings (SSSR count). The maximum absolute atomic E-state index is 11.6.